The maximum absolute atomic E-state index is 13.2. The fraction of sp³-hybridized carbons (Fsp3) is 0.417. The fourth-order valence-electron chi connectivity index (χ4n) is 7.72. The topological polar surface area (TPSA) is 168 Å². The smallest absolute Gasteiger partial charge is 0.262 e. The Morgan fingerprint density at radius 2 is 1.76 bits per heavy atom. The summed E-state index contributed by atoms with van der Waals surface area (Å²) in [7, 11) is 0. The summed E-state index contributed by atoms with van der Waals surface area (Å²) in [5, 5.41) is 10.8. The average Bonchev–Trinajstić information content (AvgIpc) is 3.60. The highest BCUT2D eigenvalue weighted by atomic mass is 16.2. The zero-order chi connectivity index (χ0) is 33.4. The molecule has 0 bridgehead atoms. The van der Waals surface area contributed by atoms with Gasteiger partial charge < -0.3 is 16.0 Å². The first kappa shape index (κ1) is 29.9. The lowest BCUT2D eigenvalue weighted by Crippen LogP contribution is -2.54. The van der Waals surface area contributed by atoms with E-state index in [4.69, 9.17) is 20.8 Å². The molecule has 5 heterocycles. The number of amides is 4. The Hall–Kier alpha value is -5.17. The summed E-state index contributed by atoms with van der Waals surface area (Å²) in [5.74, 6) is -1.13. The summed E-state index contributed by atoms with van der Waals surface area (Å²) in [4.78, 5) is 63.3. The summed E-state index contributed by atoms with van der Waals surface area (Å²) >= 11 is 0. The fourth-order valence-corrected chi connectivity index (χ4v) is 7.72. The van der Waals surface area contributed by atoms with Crippen LogP contribution in [0.2, 0.25) is 0 Å². The summed E-state index contributed by atoms with van der Waals surface area (Å²) in [5.41, 5.74) is 13.4. The molecule has 0 spiro atoms. The second kappa shape index (κ2) is 11.5. The molecule has 2 unspecified atom stereocenters. The SMILES string of the molecule is NC1CCN(c2ccc3ncc(-c4cn(C5CC(CNc6ccc7c(c6)C(=O)N(C6CCC(=O)NC6=O)C7=O)C5)nc4C4CC4)nc3c2)C1. The number of fused-ring (bicyclic) bond motifs is 2. The lowest BCUT2D eigenvalue weighted by atomic mass is 9.80. The Morgan fingerprint density at radius 3 is 2.53 bits per heavy atom. The van der Waals surface area contributed by atoms with Crippen LogP contribution in [0.3, 0.4) is 0 Å². The van der Waals surface area contributed by atoms with Crippen molar-refractivity contribution in [2.75, 3.05) is 29.9 Å². The largest absolute Gasteiger partial charge is 0.385 e. The number of hydrogen-bond donors (Lipinski definition) is 3. The highest BCUT2D eigenvalue weighted by molar-refractivity contribution is 6.23. The number of aromatic nitrogens is 4. The monoisotopic (exact) mass is 659 g/mol. The Kier molecular flexibility index (Phi) is 7.01. The molecule has 2 saturated carbocycles. The molecule has 4 amide bonds. The number of carbonyl (C=O) groups excluding carboxylic acids is 4. The minimum Gasteiger partial charge on any atom is -0.385 e. The summed E-state index contributed by atoms with van der Waals surface area (Å²) in [6.45, 7) is 2.53. The molecule has 5 aliphatic rings. The number of nitrogens with one attached hydrogen (secondary N) is 2. The zero-order valence-electron chi connectivity index (χ0n) is 27.0. The van der Waals surface area contributed by atoms with Gasteiger partial charge in [0.1, 0.15) is 6.04 Å². The van der Waals surface area contributed by atoms with E-state index in [1.165, 1.54) is 0 Å². The van der Waals surface area contributed by atoms with Crippen LogP contribution in [0.15, 0.2) is 48.8 Å². The number of benzene rings is 2. The standard InChI is InChI=1S/C36H37N9O4/c37-21-9-10-43(17-21)23-4-6-28-29(14-23)40-30(16-39-28)27-18-44(42-33(27)20-1-2-20)24-11-19(12-24)15-38-22-3-5-25-26(13-22)36(49)45(35(25)48)31-7-8-32(46)41-34(31)47/h3-6,13-14,16,18-21,24,31,38H,1-2,7-12,15,17,37H2,(H,41,46,47). The Labute approximate surface area is 282 Å². The molecule has 2 aromatic heterocycles. The normalized spacial score (nSPS) is 25.2. The van der Waals surface area contributed by atoms with Gasteiger partial charge in [0.15, 0.2) is 0 Å². The van der Waals surface area contributed by atoms with Crippen LogP contribution in [-0.4, -0.2) is 80.0 Å². The number of nitrogens with two attached hydrogens (primary N) is 1. The highest BCUT2D eigenvalue weighted by Crippen LogP contribution is 2.46. The van der Waals surface area contributed by atoms with E-state index in [0.717, 1.165) is 96.0 Å². The summed E-state index contributed by atoms with van der Waals surface area (Å²) in [6.07, 6.45) is 9.46. The van der Waals surface area contributed by atoms with Gasteiger partial charge in [0.05, 0.1) is 45.8 Å². The van der Waals surface area contributed by atoms with Gasteiger partial charge in [-0.05, 0) is 80.8 Å². The van der Waals surface area contributed by atoms with Crippen molar-refractivity contribution in [3.8, 4) is 11.3 Å². The van der Waals surface area contributed by atoms with E-state index in [-0.39, 0.29) is 30.0 Å². The number of imide groups is 2. The van der Waals surface area contributed by atoms with Gasteiger partial charge in [0.2, 0.25) is 11.8 Å². The van der Waals surface area contributed by atoms with Gasteiger partial charge >= 0.3 is 0 Å². The van der Waals surface area contributed by atoms with Crippen LogP contribution in [0.4, 0.5) is 11.4 Å². The Morgan fingerprint density at radius 1 is 0.918 bits per heavy atom. The van der Waals surface area contributed by atoms with Crippen molar-refractivity contribution in [2.45, 2.75) is 69.0 Å². The van der Waals surface area contributed by atoms with Crippen LogP contribution >= 0.6 is 0 Å². The first-order valence-electron chi connectivity index (χ1n) is 17.3. The highest BCUT2D eigenvalue weighted by Gasteiger charge is 2.45. The van der Waals surface area contributed by atoms with E-state index in [0.29, 0.717) is 17.9 Å². The molecule has 4 fully saturated rings. The predicted octanol–water partition coefficient (Wildman–Crippen LogP) is 3.37. The number of hydrogen-bond acceptors (Lipinski definition) is 10. The summed E-state index contributed by atoms with van der Waals surface area (Å²) < 4.78 is 2.12. The molecule has 0 radical (unpaired) electrons. The molecule has 2 saturated heterocycles. The molecule has 4 N–H and O–H groups in total. The quantitative estimate of drug-likeness (QED) is 0.239. The van der Waals surface area contributed by atoms with Gasteiger partial charge in [-0.3, -0.25) is 39.1 Å². The molecule has 250 valence electrons. The van der Waals surface area contributed by atoms with Gasteiger partial charge in [-0.15, -0.1) is 0 Å². The molecule has 13 heteroatoms. The van der Waals surface area contributed by atoms with Gasteiger partial charge in [0.25, 0.3) is 11.8 Å². The number of anilines is 2. The molecule has 49 heavy (non-hydrogen) atoms. The van der Waals surface area contributed by atoms with Crippen LogP contribution < -0.4 is 21.3 Å². The maximum Gasteiger partial charge on any atom is 0.262 e. The van der Waals surface area contributed by atoms with Gasteiger partial charge in [-0.25, -0.2) is 4.98 Å². The van der Waals surface area contributed by atoms with Crippen LogP contribution in [-0.2, 0) is 9.59 Å². The van der Waals surface area contributed by atoms with Crippen molar-refractivity contribution in [3.63, 3.8) is 0 Å². The molecular weight excluding hydrogens is 622 g/mol. The Balaban J connectivity index is 0.862. The van der Waals surface area contributed by atoms with E-state index in [2.05, 4.69) is 38.5 Å². The van der Waals surface area contributed by atoms with Crippen LogP contribution in [0.25, 0.3) is 22.3 Å². The molecule has 3 aliphatic heterocycles. The third-order valence-electron chi connectivity index (χ3n) is 10.7. The van der Waals surface area contributed by atoms with Crippen LogP contribution in [0.1, 0.15) is 83.3 Å². The van der Waals surface area contributed by atoms with Crippen LogP contribution in [0, 0.1) is 5.92 Å². The maximum atomic E-state index is 13.2. The van der Waals surface area contributed by atoms with Crippen molar-refractivity contribution >= 4 is 46.0 Å². The lowest BCUT2D eigenvalue weighted by Gasteiger charge is -2.35. The van der Waals surface area contributed by atoms with Crippen molar-refractivity contribution in [1.29, 1.82) is 0 Å². The van der Waals surface area contributed by atoms with Gasteiger partial charge in [0, 0.05) is 61.1 Å². The first-order valence-corrected chi connectivity index (χ1v) is 17.3. The molecule has 13 nitrogen and oxygen atoms in total. The van der Waals surface area contributed by atoms with E-state index >= 15 is 0 Å². The van der Waals surface area contributed by atoms with E-state index < -0.39 is 29.7 Å². The number of nitrogens with zero attached hydrogens (tertiary/aromatic N) is 6. The zero-order valence-corrected chi connectivity index (χ0v) is 27.0. The van der Waals surface area contributed by atoms with E-state index in [1.54, 1.807) is 18.2 Å². The average molecular weight is 660 g/mol. The minimum atomic E-state index is -0.975. The third kappa shape index (κ3) is 5.32. The second-order valence-corrected chi connectivity index (χ2v) is 14.2. The van der Waals surface area contributed by atoms with E-state index in [1.807, 2.05) is 12.3 Å². The third-order valence-corrected chi connectivity index (χ3v) is 10.7. The van der Waals surface area contributed by atoms with Crippen LogP contribution in [0.5, 0.6) is 0 Å². The van der Waals surface area contributed by atoms with Crippen molar-refractivity contribution < 1.29 is 19.2 Å². The number of carbonyl (C=O) groups is 4. The lowest BCUT2D eigenvalue weighted by molar-refractivity contribution is -0.136. The van der Waals surface area contributed by atoms with Gasteiger partial charge in [-0.2, -0.15) is 5.10 Å². The molecular formula is C36H37N9O4. The number of piperidine rings is 1. The first-order chi connectivity index (χ1) is 23.8. The van der Waals surface area contributed by atoms with Crippen molar-refractivity contribution in [2.24, 2.45) is 11.7 Å². The molecule has 2 atom stereocenters. The number of rotatable bonds is 8. The summed E-state index contributed by atoms with van der Waals surface area (Å²) in [6, 6.07) is 10.9. The Bertz CT molecular complexity index is 2050. The molecule has 4 aromatic rings. The van der Waals surface area contributed by atoms with E-state index in [9.17, 15) is 19.2 Å². The molecule has 9 rings (SSSR count). The van der Waals surface area contributed by atoms with Gasteiger partial charge in [-0.1, -0.05) is 0 Å². The predicted molar refractivity (Wildman–Crippen MR) is 181 cm³/mol. The van der Waals surface area contributed by atoms with Crippen molar-refractivity contribution in [1.82, 2.24) is 30.0 Å². The molecule has 2 aromatic carbocycles. The molecule has 2 aliphatic carbocycles. The second-order valence-electron chi connectivity index (χ2n) is 14.2. The minimum absolute atomic E-state index is 0.0915. The van der Waals surface area contributed by atoms with Crippen molar-refractivity contribution in [3.05, 3.63) is 65.6 Å².